The molecule has 0 aliphatic rings. The van der Waals surface area contributed by atoms with Gasteiger partial charge >= 0.3 is 0 Å². The third-order valence-corrected chi connectivity index (χ3v) is 2.20. The Morgan fingerprint density at radius 2 is 2.21 bits per heavy atom. The molecule has 0 bridgehead atoms. The molecule has 0 saturated carbocycles. The number of amidine groups is 1. The summed E-state index contributed by atoms with van der Waals surface area (Å²) in [5.41, 5.74) is 5.61. The fourth-order valence-electron chi connectivity index (χ4n) is 1.47. The Hall–Kier alpha value is -1.36. The molecule has 5 heteroatoms. The molecule has 0 spiro atoms. The maximum atomic E-state index is 5.42. The lowest BCUT2D eigenvalue weighted by Gasteiger charge is -2.05. The van der Waals surface area contributed by atoms with Crippen LogP contribution in [0.5, 0.6) is 0 Å². The van der Waals surface area contributed by atoms with Gasteiger partial charge in [0.25, 0.3) is 0 Å². The van der Waals surface area contributed by atoms with Crippen LogP contribution in [-0.2, 0) is 7.05 Å². The first kappa shape index (κ1) is 10.7. The van der Waals surface area contributed by atoms with E-state index in [1.54, 1.807) is 0 Å². The number of nitrogens with two attached hydrogens (primary N) is 1. The van der Waals surface area contributed by atoms with Crippen LogP contribution in [0.4, 0.5) is 0 Å². The Morgan fingerprint density at radius 3 is 2.57 bits per heavy atom. The molecule has 78 valence electrons. The number of aryl methyl sites for hydroxylation is 2. The van der Waals surface area contributed by atoms with Crippen molar-refractivity contribution in [2.75, 3.05) is 6.54 Å². The van der Waals surface area contributed by atoms with Gasteiger partial charge in [0.2, 0.25) is 0 Å². The average molecular weight is 195 g/mol. The molecule has 0 atom stereocenters. The summed E-state index contributed by atoms with van der Waals surface area (Å²) >= 11 is 0. The van der Waals surface area contributed by atoms with Gasteiger partial charge in [-0.1, -0.05) is 0 Å². The fraction of sp³-hybridized carbons (Fsp3) is 0.556. The molecule has 1 aromatic heterocycles. The fourth-order valence-corrected chi connectivity index (χ4v) is 1.47. The van der Waals surface area contributed by atoms with E-state index in [-0.39, 0.29) is 0 Å². The van der Waals surface area contributed by atoms with Crippen LogP contribution >= 0.6 is 0 Å². The van der Waals surface area contributed by atoms with Crippen LogP contribution in [0.2, 0.25) is 0 Å². The lowest BCUT2D eigenvalue weighted by atomic mass is 10.2. The van der Waals surface area contributed by atoms with Crippen molar-refractivity contribution in [3.05, 3.63) is 17.0 Å². The summed E-state index contributed by atoms with van der Waals surface area (Å²) in [7, 11) is 1.91. The third-order valence-electron chi connectivity index (χ3n) is 2.20. The van der Waals surface area contributed by atoms with Gasteiger partial charge in [-0.05, 0) is 20.8 Å². The van der Waals surface area contributed by atoms with E-state index in [0.29, 0.717) is 12.4 Å². The smallest absolute Gasteiger partial charge is 0.146 e. The summed E-state index contributed by atoms with van der Waals surface area (Å²) in [6.07, 6.45) is 0. The number of rotatable bonds is 2. The Kier molecular flexibility index (Phi) is 3.24. The monoisotopic (exact) mass is 195 g/mol. The number of hydrogen-bond acceptors (Lipinski definition) is 3. The molecule has 1 heterocycles. The first-order valence-electron chi connectivity index (χ1n) is 4.63. The molecule has 0 aromatic carbocycles. The Morgan fingerprint density at radius 1 is 1.57 bits per heavy atom. The molecule has 0 aliphatic heterocycles. The number of aromatic nitrogens is 2. The molecule has 0 saturated heterocycles. The first-order valence-corrected chi connectivity index (χ1v) is 4.63. The highest BCUT2D eigenvalue weighted by Crippen LogP contribution is 2.11. The summed E-state index contributed by atoms with van der Waals surface area (Å²) in [5.74, 6) is 6.12. The van der Waals surface area contributed by atoms with Gasteiger partial charge in [-0.3, -0.25) is 9.67 Å². The highest BCUT2D eigenvalue weighted by atomic mass is 15.3. The molecule has 1 rings (SSSR count). The zero-order chi connectivity index (χ0) is 10.7. The van der Waals surface area contributed by atoms with Gasteiger partial charge < -0.3 is 5.43 Å². The highest BCUT2D eigenvalue weighted by molar-refractivity contribution is 6.00. The SMILES string of the molecule is CCN=C(NN)c1c(C)nn(C)c1C. The normalized spacial score (nSPS) is 11.9. The molecule has 14 heavy (non-hydrogen) atoms. The molecule has 1 aromatic rings. The van der Waals surface area contributed by atoms with Crippen LogP contribution in [0, 0.1) is 13.8 Å². The van der Waals surface area contributed by atoms with Gasteiger partial charge in [0.1, 0.15) is 5.84 Å². The summed E-state index contributed by atoms with van der Waals surface area (Å²) < 4.78 is 1.83. The summed E-state index contributed by atoms with van der Waals surface area (Å²) in [6, 6.07) is 0. The number of nitrogens with zero attached hydrogens (tertiary/aromatic N) is 3. The van der Waals surface area contributed by atoms with E-state index < -0.39 is 0 Å². The number of aliphatic imine (C=N–C) groups is 1. The number of nitrogens with one attached hydrogen (secondary N) is 1. The van der Waals surface area contributed by atoms with Crippen molar-refractivity contribution >= 4 is 5.84 Å². The molecular weight excluding hydrogens is 178 g/mol. The Labute approximate surface area is 84.0 Å². The van der Waals surface area contributed by atoms with Gasteiger partial charge in [0, 0.05) is 19.3 Å². The standard InChI is InChI=1S/C9H17N5/c1-5-11-9(12-10)8-6(2)13-14(4)7(8)3/h5,10H2,1-4H3,(H,11,12). The van der Waals surface area contributed by atoms with Gasteiger partial charge in [0.05, 0.1) is 11.3 Å². The molecule has 0 fully saturated rings. The van der Waals surface area contributed by atoms with Crippen molar-refractivity contribution < 1.29 is 0 Å². The molecule has 0 aliphatic carbocycles. The van der Waals surface area contributed by atoms with Gasteiger partial charge in [-0.15, -0.1) is 0 Å². The minimum atomic E-state index is 0.702. The van der Waals surface area contributed by atoms with E-state index in [4.69, 9.17) is 5.84 Å². The molecular formula is C9H17N5. The van der Waals surface area contributed by atoms with Crippen LogP contribution in [0.3, 0.4) is 0 Å². The lowest BCUT2D eigenvalue weighted by molar-refractivity contribution is 0.731. The Balaban J connectivity index is 3.22. The second-order valence-corrected chi connectivity index (χ2v) is 3.14. The van der Waals surface area contributed by atoms with E-state index in [1.165, 1.54) is 0 Å². The number of hydrogen-bond donors (Lipinski definition) is 2. The second kappa shape index (κ2) is 4.23. The third kappa shape index (κ3) is 1.77. The molecule has 3 N–H and O–H groups in total. The van der Waals surface area contributed by atoms with Gasteiger partial charge in [0.15, 0.2) is 0 Å². The Bertz CT molecular complexity index is 350. The predicted octanol–water partition coefficient (Wildman–Crippen LogP) is 0.267. The molecule has 0 radical (unpaired) electrons. The van der Waals surface area contributed by atoms with Crippen LogP contribution < -0.4 is 11.3 Å². The van der Waals surface area contributed by atoms with E-state index in [2.05, 4.69) is 15.5 Å². The van der Waals surface area contributed by atoms with Crippen molar-refractivity contribution in [1.82, 2.24) is 15.2 Å². The van der Waals surface area contributed by atoms with Crippen molar-refractivity contribution in [2.24, 2.45) is 17.9 Å². The largest absolute Gasteiger partial charge is 0.308 e. The predicted molar refractivity (Wildman–Crippen MR) is 57.1 cm³/mol. The second-order valence-electron chi connectivity index (χ2n) is 3.14. The molecule has 5 nitrogen and oxygen atoms in total. The number of hydrazine groups is 1. The van der Waals surface area contributed by atoms with Crippen molar-refractivity contribution in [3.8, 4) is 0 Å². The van der Waals surface area contributed by atoms with Crippen molar-refractivity contribution in [2.45, 2.75) is 20.8 Å². The van der Waals surface area contributed by atoms with Crippen LogP contribution in [-0.4, -0.2) is 22.2 Å². The molecule has 0 amide bonds. The minimum absolute atomic E-state index is 0.702. The minimum Gasteiger partial charge on any atom is -0.308 e. The van der Waals surface area contributed by atoms with Crippen LogP contribution in [0.1, 0.15) is 23.9 Å². The summed E-state index contributed by atoms with van der Waals surface area (Å²) in [6.45, 7) is 6.62. The van der Waals surface area contributed by atoms with Crippen molar-refractivity contribution in [1.29, 1.82) is 0 Å². The zero-order valence-electron chi connectivity index (χ0n) is 9.13. The van der Waals surface area contributed by atoms with E-state index in [9.17, 15) is 0 Å². The summed E-state index contributed by atoms with van der Waals surface area (Å²) in [5, 5.41) is 4.30. The molecule has 0 unspecified atom stereocenters. The highest BCUT2D eigenvalue weighted by Gasteiger charge is 2.13. The van der Waals surface area contributed by atoms with Crippen LogP contribution in [0.15, 0.2) is 4.99 Å². The van der Waals surface area contributed by atoms with Gasteiger partial charge in [-0.2, -0.15) is 5.10 Å². The summed E-state index contributed by atoms with van der Waals surface area (Å²) in [4.78, 5) is 4.28. The van der Waals surface area contributed by atoms with E-state index in [0.717, 1.165) is 17.0 Å². The first-order chi connectivity index (χ1) is 6.61. The topological polar surface area (TPSA) is 68.2 Å². The quantitative estimate of drug-likeness (QED) is 0.308. The maximum Gasteiger partial charge on any atom is 0.146 e. The zero-order valence-corrected chi connectivity index (χ0v) is 9.13. The van der Waals surface area contributed by atoms with Crippen LogP contribution in [0.25, 0.3) is 0 Å². The lowest BCUT2D eigenvalue weighted by Crippen LogP contribution is -2.32. The average Bonchev–Trinajstić information content (AvgIpc) is 2.39. The van der Waals surface area contributed by atoms with E-state index in [1.807, 2.05) is 32.5 Å². The maximum absolute atomic E-state index is 5.42. The van der Waals surface area contributed by atoms with E-state index >= 15 is 0 Å². The van der Waals surface area contributed by atoms with Crippen molar-refractivity contribution in [3.63, 3.8) is 0 Å². The van der Waals surface area contributed by atoms with Gasteiger partial charge in [-0.25, -0.2) is 5.84 Å².